The Bertz CT molecular complexity index is 711. The van der Waals surface area contributed by atoms with E-state index in [-0.39, 0.29) is 17.4 Å². The molecule has 0 aromatic heterocycles. The Morgan fingerprint density at radius 3 is 2.04 bits per heavy atom. The van der Waals surface area contributed by atoms with Crippen LogP contribution in [-0.2, 0) is 24.0 Å². The van der Waals surface area contributed by atoms with Crippen molar-refractivity contribution in [1.29, 1.82) is 0 Å². The summed E-state index contributed by atoms with van der Waals surface area (Å²) in [6, 6.07) is 14.5. The Morgan fingerprint density at radius 2 is 1.42 bits per heavy atom. The quantitative estimate of drug-likeness (QED) is 0.847. The lowest BCUT2D eigenvalue weighted by molar-refractivity contribution is 0.281. The lowest BCUT2D eigenvalue weighted by atomic mass is 9.63. The molecule has 1 aliphatic carbocycles. The van der Waals surface area contributed by atoms with Gasteiger partial charge in [0.1, 0.15) is 12.4 Å². The van der Waals surface area contributed by atoms with Crippen molar-refractivity contribution in [2.45, 2.75) is 64.6 Å². The van der Waals surface area contributed by atoms with E-state index in [2.05, 4.69) is 45.9 Å². The van der Waals surface area contributed by atoms with Gasteiger partial charge in [-0.05, 0) is 58.1 Å². The number of ether oxygens (including phenoxy) is 1. The van der Waals surface area contributed by atoms with Crippen molar-refractivity contribution in [3.63, 3.8) is 0 Å². The average Bonchev–Trinajstić information content (AvgIpc) is 2.58. The maximum Gasteiger partial charge on any atom is 0.120 e. The van der Waals surface area contributed by atoms with Crippen LogP contribution in [0.2, 0.25) is 0 Å². The molecule has 0 spiro atoms. The second-order valence-electron chi connectivity index (χ2n) is 8.24. The molecule has 0 bridgehead atoms. The predicted molar refractivity (Wildman–Crippen MR) is 98.4 cm³/mol. The van der Waals surface area contributed by atoms with Gasteiger partial charge in [0.25, 0.3) is 0 Å². The summed E-state index contributed by atoms with van der Waals surface area (Å²) in [5.74, 6) is 0.936. The molecule has 0 heterocycles. The number of hydrogen-bond donors (Lipinski definition) is 1. The molecular formula is C22H28O2. The second kappa shape index (κ2) is 6.25. The van der Waals surface area contributed by atoms with Crippen LogP contribution in [0, 0.1) is 0 Å². The molecule has 1 aliphatic rings. The van der Waals surface area contributed by atoms with E-state index in [0.717, 1.165) is 16.9 Å². The van der Waals surface area contributed by atoms with E-state index >= 15 is 0 Å². The zero-order chi connectivity index (χ0) is 17.4. The first kappa shape index (κ1) is 17.0. The molecule has 128 valence electrons. The van der Waals surface area contributed by atoms with Crippen molar-refractivity contribution >= 4 is 0 Å². The summed E-state index contributed by atoms with van der Waals surface area (Å²) in [4.78, 5) is 0. The van der Waals surface area contributed by atoms with Gasteiger partial charge in [0.05, 0.1) is 6.61 Å². The highest BCUT2D eigenvalue weighted by atomic mass is 16.5. The summed E-state index contributed by atoms with van der Waals surface area (Å²) in [5.41, 5.74) is 5.36. The molecule has 2 heteroatoms. The zero-order valence-electron chi connectivity index (χ0n) is 15.2. The molecule has 2 nitrogen and oxygen atoms in total. The van der Waals surface area contributed by atoms with E-state index in [0.29, 0.717) is 6.61 Å². The molecule has 0 fully saturated rings. The van der Waals surface area contributed by atoms with Crippen molar-refractivity contribution in [3.8, 4) is 5.75 Å². The summed E-state index contributed by atoms with van der Waals surface area (Å²) < 4.78 is 6.03. The Kier molecular flexibility index (Phi) is 4.44. The van der Waals surface area contributed by atoms with E-state index in [9.17, 15) is 0 Å². The molecule has 0 saturated heterocycles. The normalized spacial score (nSPS) is 18.0. The molecule has 1 N–H and O–H groups in total. The van der Waals surface area contributed by atoms with Gasteiger partial charge in [-0.25, -0.2) is 0 Å². The van der Waals surface area contributed by atoms with Crippen LogP contribution in [0.3, 0.4) is 0 Å². The van der Waals surface area contributed by atoms with Crippen LogP contribution in [0.25, 0.3) is 0 Å². The third-order valence-corrected chi connectivity index (χ3v) is 5.44. The van der Waals surface area contributed by atoms with Crippen molar-refractivity contribution in [2.24, 2.45) is 0 Å². The third kappa shape index (κ3) is 3.34. The largest absolute Gasteiger partial charge is 0.489 e. The summed E-state index contributed by atoms with van der Waals surface area (Å²) in [7, 11) is 0. The Hall–Kier alpha value is -1.80. The third-order valence-electron chi connectivity index (χ3n) is 5.44. The summed E-state index contributed by atoms with van der Waals surface area (Å²) in [6.45, 7) is 9.97. The molecule has 0 atom stereocenters. The van der Waals surface area contributed by atoms with Crippen LogP contribution in [0.1, 0.15) is 62.8 Å². The van der Waals surface area contributed by atoms with E-state index in [1.165, 1.54) is 24.0 Å². The molecular weight excluding hydrogens is 296 g/mol. The van der Waals surface area contributed by atoms with Gasteiger partial charge in [-0.3, -0.25) is 0 Å². The van der Waals surface area contributed by atoms with E-state index in [1.807, 2.05) is 24.3 Å². The van der Waals surface area contributed by atoms with Gasteiger partial charge >= 0.3 is 0 Å². The van der Waals surface area contributed by atoms with Crippen LogP contribution in [-0.4, -0.2) is 5.11 Å². The Labute approximate surface area is 145 Å². The Balaban J connectivity index is 1.80. The number of benzene rings is 2. The van der Waals surface area contributed by atoms with Crippen molar-refractivity contribution in [3.05, 3.63) is 64.7 Å². The lowest BCUT2D eigenvalue weighted by Crippen LogP contribution is -2.33. The fourth-order valence-corrected chi connectivity index (χ4v) is 3.57. The first-order valence-electron chi connectivity index (χ1n) is 8.78. The smallest absolute Gasteiger partial charge is 0.120 e. The first-order valence-corrected chi connectivity index (χ1v) is 8.78. The number of rotatable bonds is 4. The highest BCUT2D eigenvalue weighted by Gasteiger charge is 2.37. The minimum atomic E-state index is 0.0802. The monoisotopic (exact) mass is 324 g/mol. The molecule has 2 aromatic carbocycles. The topological polar surface area (TPSA) is 29.5 Å². The minimum Gasteiger partial charge on any atom is -0.489 e. The number of aliphatic hydroxyl groups is 1. The van der Waals surface area contributed by atoms with Crippen molar-refractivity contribution < 1.29 is 9.84 Å². The fraction of sp³-hybridized carbons (Fsp3) is 0.455. The van der Waals surface area contributed by atoms with Crippen LogP contribution in [0.5, 0.6) is 5.75 Å². The molecule has 3 rings (SSSR count). The highest BCUT2D eigenvalue weighted by molar-refractivity contribution is 5.45. The molecule has 0 radical (unpaired) electrons. The maximum atomic E-state index is 9.11. The minimum absolute atomic E-state index is 0.0802. The molecule has 0 aliphatic heterocycles. The standard InChI is InChI=1S/C22H28O2/c1-21(2)11-12-22(3,4)20-13-18(9-10-19(20)21)24-15-17-7-5-16(14-23)6-8-17/h5-10,13,23H,11-12,14-15H2,1-4H3. The van der Waals surface area contributed by atoms with Crippen LogP contribution >= 0.6 is 0 Å². The van der Waals surface area contributed by atoms with Crippen LogP contribution in [0.15, 0.2) is 42.5 Å². The van der Waals surface area contributed by atoms with Gasteiger partial charge in [0.15, 0.2) is 0 Å². The summed E-state index contributed by atoms with van der Waals surface area (Å²) in [5, 5.41) is 9.11. The Morgan fingerprint density at radius 1 is 0.833 bits per heavy atom. The summed E-state index contributed by atoms with van der Waals surface area (Å²) in [6.07, 6.45) is 2.43. The van der Waals surface area contributed by atoms with Gasteiger partial charge in [-0.2, -0.15) is 0 Å². The lowest BCUT2D eigenvalue weighted by Gasteiger charge is -2.41. The number of fused-ring (bicyclic) bond motifs is 1. The molecule has 0 unspecified atom stereocenters. The van der Waals surface area contributed by atoms with E-state index in [1.54, 1.807) is 0 Å². The van der Waals surface area contributed by atoms with Crippen LogP contribution in [0.4, 0.5) is 0 Å². The number of hydrogen-bond acceptors (Lipinski definition) is 2. The van der Waals surface area contributed by atoms with Gasteiger partial charge in [0.2, 0.25) is 0 Å². The van der Waals surface area contributed by atoms with Gasteiger partial charge in [-0.1, -0.05) is 58.0 Å². The highest BCUT2D eigenvalue weighted by Crippen LogP contribution is 2.46. The fourth-order valence-electron chi connectivity index (χ4n) is 3.57. The van der Waals surface area contributed by atoms with Crippen molar-refractivity contribution in [2.75, 3.05) is 0 Å². The van der Waals surface area contributed by atoms with Crippen LogP contribution < -0.4 is 4.74 Å². The van der Waals surface area contributed by atoms with Crippen molar-refractivity contribution in [1.82, 2.24) is 0 Å². The average molecular weight is 324 g/mol. The summed E-state index contributed by atoms with van der Waals surface area (Å²) >= 11 is 0. The second-order valence-corrected chi connectivity index (χ2v) is 8.24. The molecule has 0 saturated carbocycles. The van der Waals surface area contributed by atoms with E-state index in [4.69, 9.17) is 9.84 Å². The van der Waals surface area contributed by atoms with Gasteiger partial charge in [-0.15, -0.1) is 0 Å². The SMILES string of the molecule is CC1(C)CCC(C)(C)c2cc(OCc3ccc(CO)cc3)ccc21. The van der Waals surface area contributed by atoms with Gasteiger partial charge in [0, 0.05) is 0 Å². The van der Waals surface area contributed by atoms with E-state index < -0.39 is 0 Å². The molecule has 24 heavy (non-hydrogen) atoms. The van der Waals surface area contributed by atoms with Gasteiger partial charge < -0.3 is 9.84 Å². The molecule has 0 amide bonds. The first-order chi connectivity index (χ1) is 11.3. The predicted octanol–water partition coefficient (Wildman–Crippen LogP) is 5.11. The zero-order valence-corrected chi connectivity index (χ0v) is 15.2. The molecule has 2 aromatic rings. The number of aliphatic hydroxyl groups excluding tert-OH is 1. The maximum absolute atomic E-state index is 9.11.